The molecule has 0 saturated carbocycles. The summed E-state index contributed by atoms with van der Waals surface area (Å²) in [5.41, 5.74) is 0.0604. The molecule has 0 unspecified atom stereocenters. The highest BCUT2D eigenvalue weighted by Gasteiger charge is 2.25. The topological polar surface area (TPSA) is 107 Å². The molecule has 0 fully saturated rings. The molecule has 0 aliphatic carbocycles. The number of nitrogens with zero attached hydrogens (tertiary/aromatic N) is 5. The minimum Gasteiger partial charge on any atom is -0.476 e. The number of carboxylic acids is 1. The summed E-state index contributed by atoms with van der Waals surface area (Å²) < 4.78 is 6.62. The molecule has 0 atom stereocenters. The van der Waals surface area contributed by atoms with Crippen LogP contribution in [0.4, 0.5) is 0 Å². The smallest absolute Gasteiger partial charge is 0.358 e. The third kappa shape index (κ3) is 2.31. The minimum absolute atomic E-state index is 0.189. The Balaban J connectivity index is 2.16. The van der Waals surface area contributed by atoms with Gasteiger partial charge < -0.3 is 9.52 Å². The molecule has 8 nitrogen and oxygen atoms in total. The Morgan fingerprint density at radius 2 is 2.19 bits per heavy atom. The van der Waals surface area contributed by atoms with Crippen molar-refractivity contribution in [3.63, 3.8) is 0 Å². The molecule has 0 aliphatic heterocycles. The number of aromatic carboxylic acids is 1. The number of carboxylic acid groups (broad SMARTS) is 1. The van der Waals surface area contributed by atoms with Crippen LogP contribution in [-0.4, -0.2) is 36.3 Å². The van der Waals surface area contributed by atoms with Gasteiger partial charge in [0.15, 0.2) is 5.76 Å². The Hall–Kier alpha value is -2.55. The first kappa shape index (κ1) is 13.4. The number of carbonyl (C=O) groups is 1. The van der Waals surface area contributed by atoms with E-state index in [0.717, 1.165) is 5.01 Å². The van der Waals surface area contributed by atoms with Gasteiger partial charge in [-0.15, -0.1) is 15.3 Å². The van der Waals surface area contributed by atoms with E-state index in [2.05, 4.69) is 20.5 Å². The molecule has 0 spiro atoms. The summed E-state index contributed by atoms with van der Waals surface area (Å²) in [6.45, 7) is 4.00. The molecule has 3 heterocycles. The fourth-order valence-corrected chi connectivity index (χ4v) is 2.54. The molecular formula is C12H11N5O3S. The standard InChI is InChI=1S/C12H11N5O3S/c1-6(2)10-14-15-12(21-10)17-9(7-4-3-5-20-7)8(11(18)19)13-16-17/h3-6H,1-2H3,(H,18,19). The first-order valence-electron chi connectivity index (χ1n) is 6.14. The highest BCUT2D eigenvalue weighted by Crippen LogP contribution is 2.28. The molecule has 3 rings (SSSR count). The first-order valence-corrected chi connectivity index (χ1v) is 6.96. The van der Waals surface area contributed by atoms with E-state index in [0.29, 0.717) is 10.9 Å². The Bertz CT molecular complexity index is 775. The zero-order valence-corrected chi connectivity index (χ0v) is 12.0. The largest absolute Gasteiger partial charge is 0.476 e. The van der Waals surface area contributed by atoms with E-state index >= 15 is 0 Å². The second-order valence-corrected chi connectivity index (χ2v) is 5.55. The van der Waals surface area contributed by atoms with Crippen LogP contribution >= 0.6 is 11.3 Å². The zero-order valence-electron chi connectivity index (χ0n) is 11.2. The summed E-state index contributed by atoms with van der Waals surface area (Å²) in [7, 11) is 0. The quantitative estimate of drug-likeness (QED) is 0.787. The van der Waals surface area contributed by atoms with Crippen molar-refractivity contribution in [2.75, 3.05) is 0 Å². The predicted octanol–water partition coefficient (Wildman–Crippen LogP) is 2.20. The van der Waals surface area contributed by atoms with Gasteiger partial charge in [-0.05, 0) is 12.1 Å². The summed E-state index contributed by atoms with van der Waals surface area (Å²) >= 11 is 1.33. The second kappa shape index (κ2) is 5.09. The molecule has 0 radical (unpaired) electrons. The molecule has 0 aliphatic rings. The Morgan fingerprint density at radius 3 is 2.76 bits per heavy atom. The van der Waals surface area contributed by atoms with E-state index in [4.69, 9.17) is 4.42 Å². The lowest BCUT2D eigenvalue weighted by Crippen LogP contribution is -2.02. The molecule has 0 bridgehead atoms. The molecule has 0 aromatic carbocycles. The van der Waals surface area contributed by atoms with Crippen LogP contribution in [0.25, 0.3) is 16.6 Å². The Labute approximate surface area is 123 Å². The number of rotatable bonds is 4. The maximum Gasteiger partial charge on any atom is 0.358 e. The van der Waals surface area contributed by atoms with Crippen LogP contribution in [0.1, 0.15) is 35.3 Å². The second-order valence-electron chi connectivity index (χ2n) is 4.56. The fraction of sp³-hybridized carbons (Fsp3) is 0.250. The van der Waals surface area contributed by atoms with Gasteiger partial charge in [-0.25, -0.2) is 4.79 Å². The molecule has 21 heavy (non-hydrogen) atoms. The van der Waals surface area contributed by atoms with Crippen molar-refractivity contribution in [2.45, 2.75) is 19.8 Å². The van der Waals surface area contributed by atoms with Crippen molar-refractivity contribution < 1.29 is 14.3 Å². The first-order chi connectivity index (χ1) is 10.1. The van der Waals surface area contributed by atoms with E-state index < -0.39 is 5.97 Å². The lowest BCUT2D eigenvalue weighted by atomic mass is 10.2. The van der Waals surface area contributed by atoms with Gasteiger partial charge in [-0.3, -0.25) is 0 Å². The third-order valence-electron chi connectivity index (χ3n) is 2.73. The van der Waals surface area contributed by atoms with Crippen molar-refractivity contribution >= 4 is 17.3 Å². The summed E-state index contributed by atoms with van der Waals surface area (Å²) in [4.78, 5) is 11.3. The Kier molecular flexibility index (Phi) is 3.26. The Morgan fingerprint density at radius 1 is 1.38 bits per heavy atom. The van der Waals surface area contributed by atoms with Gasteiger partial charge in [0.2, 0.25) is 10.8 Å². The van der Waals surface area contributed by atoms with Crippen molar-refractivity contribution in [2.24, 2.45) is 0 Å². The van der Waals surface area contributed by atoms with Crippen LogP contribution in [0.5, 0.6) is 0 Å². The lowest BCUT2D eigenvalue weighted by molar-refractivity contribution is 0.0691. The monoisotopic (exact) mass is 305 g/mol. The molecule has 1 N–H and O–H groups in total. The number of furan rings is 1. The molecule has 0 saturated heterocycles. The van der Waals surface area contributed by atoms with Crippen LogP contribution in [0.2, 0.25) is 0 Å². The average Bonchev–Trinajstić information content (AvgIpc) is 3.17. The number of hydrogen-bond acceptors (Lipinski definition) is 7. The van der Waals surface area contributed by atoms with E-state index in [1.807, 2.05) is 13.8 Å². The minimum atomic E-state index is -1.18. The van der Waals surface area contributed by atoms with Crippen molar-refractivity contribution in [1.29, 1.82) is 0 Å². The van der Waals surface area contributed by atoms with Crippen molar-refractivity contribution in [3.05, 3.63) is 29.1 Å². The van der Waals surface area contributed by atoms with Gasteiger partial charge in [-0.1, -0.05) is 30.4 Å². The van der Waals surface area contributed by atoms with Crippen molar-refractivity contribution in [3.8, 4) is 16.6 Å². The van der Waals surface area contributed by atoms with Gasteiger partial charge in [-0.2, -0.15) is 4.68 Å². The average molecular weight is 305 g/mol. The summed E-state index contributed by atoms with van der Waals surface area (Å²) in [5.74, 6) is -0.592. The van der Waals surface area contributed by atoms with Gasteiger partial charge in [0.25, 0.3) is 0 Å². The molecule has 0 amide bonds. The summed E-state index contributed by atoms with van der Waals surface area (Å²) in [5, 5.41) is 26.2. The van der Waals surface area contributed by atoms with Crippen LogP contribution < -0.4 is 0 Å². The van der Waals surface area contributed by atoms with Crippen LogP contribution in [-0.2, 0) is 0 Å². The van der Waals surface area contributed by atoms with E-state index in [-0.39, 0.29) is 17.3 Å². The highest BCUT2D eigenvalue weighted by atomic mass is 32.1. The predicted molar refractivity (Wildman–Crippen MR) is 73.6 cm³/mol. The van der Waals surface area contributed by atoms with Crippen LogP contribution in [0, 0.1) is 0 Å². The lowest BCUT2D eigenvalue weighted by Gasteiger charge is -2.00. The molecule has 9 heteroatoms. The molecular weight excluding hydrogens is 294 g/mol. The fourth-order valence-electron chi connectivity index (χ4n) is 1.74. The van der Waals surface area contributed by atoms with E-state index in [1.165, 1.54) is 22.3 Å². The van der Waals surface area contributed by atoms with Gasteiger partial charge in [0, 0.05) is 5.92 Å². The third-order valence-corrected chi connectivity index (χ3v) is 3.93. The maximum atomic E-state index is 11.3. The normalized spacial score (nSPS) is 11.2. The summed E-state index contributed by atoms with van der Waals surface area (Å²) in [6.07, 6.45) is 1.46. The van der Waals surface area contributed by atoms with E-state index in [1.54, 1.807) is 12.1 Å². The molecule has 108 valence electrons. The van der Waals surface area contributed by atoms with Crippen LogP contribution in [0.3, 0.4) is 0 Å². The van der Waals surface area contributed by atoms with Gasteiger partial charge in [0.1, 0.15) is 10.7 Å². The van der Waals surface area contributed by atoms with E-state index in [9.17, 15) is 9.90 Å². The number of aromatic nitrogens is 5. The molecule has 3 aromatic rings. The van der Waals surface area contributed by atoms with Crippen LogP contribution in [0.15, 0.2) is 22.8 Å². The molecule has 3 aromatic heterocycles. The van der Waals surface area contributed by atoms with Gasteiger partial charge >= 0.3 is 5.97 Å². The van der Waals surface area contributed by atoms with Gasteiger partial charge in [0.05, 0.1) is 6.26 Å². The maximum absolute atomic E-state index is 11.3. The summed E-state index contributed by atoms with van der Waals surface area (Å²) in [6, 6.07) is 3.31. The SMILES string of the molecule is CC(C)c1nnc(-n2nnc(C(=O)O)c2-c2ccco2)s1. The zero-order chi connectivity index (χ0) is 15.0. The van der Waals surface area contributed by atoms with Crippen molar-refractivity contribution in [1.82, 2.24) is 25.2 Å². The highest BCUT2D eigenvalue weighted by molar-refractivity contribution is 7.13. The number of hydrogen-bond donors (Lipinski definition) is 1.